The van der Waals surface area contributed by atoms with Crippen molar-refractivity contribution in [3.63, 3.8) is 0 Å². The van der Waals surface area contributed by atoms with Crippen molar-refractivity contribution in [2.75, 3.05) is 33.8 Å². The van der Waals surface area contributed by atoms with Gasteiger partial charge in [0, 0.05) is 25.2 Å². The lowest BCUT2D eigenvalue weighted by Gasteiger charge is -2.39. The number of likely N-dealkylation sites (N-methyl/N-ethyl adjacent to an activating group) is 1. The summed E-state index contributed by atoms with van der Waals surface area (Å²) >= 11 is 0. The van der Waals surface area contributed by atoms with Crippen molar-refractivity contribution in [2.45, 2.75) is 13.0 Å². The Bertz CT molecular complexity index is 712. The summed E-state index contributed by atoms with van der Waals surface area (Å²) in [6, 6.07) is 16.1. The predicted octanol–water partition coefficient (Wildman–Crippen LogP) is 3.13. The molecule has 1 unspecified atom stereocenters. The lowest BCUT2D eigenvalue weighted by molar-refractivity contribution is 0.0546. The van der Waals surface area contributed by atoms with Crippen molar-refractivity contribution in [3.05, 3.63) is 65.2 Å². The number of nitrogens with zero attached hydrogens (tertiary/aromatic N) is 2. The monoisotopic (exact) mass is 324 g/mol. The van der Waals surface area contributed by atoms with Crippen molar-refractivity contribution in [3.8, 4) is 5.75 Å². The highest BCUT2D eigenvalue weighted by Crippen LogP contribution is 2.27. The van der Waals surface area contributed by atoms with Crippen LogP contribution >= 0.6 is 0 Å². The third kappa shape index (κ3) is 3.44. The molecule has 0 radical (unpaired) electrons. The standard InChI is InChI=1S/C20H24N2O2/c1-15-7-9-16(10-8-15)20(23)22-12-11-21(2)19(14-22)17-5-4-6-18(13-17)24-3/h4-10,13,19H,11-12,14H2,1-3H3. The van der Waals surface area contributed by atoms with Crippen LogP contribution in [0.5, 0.6) is 5.75 Å². The zero-order valence-corrected chi connectivity index (χ0v) is 14.5. The molecule has 1 fully saturated rings. The van der Waals surface area contributed by atoms with Crippen LogP contribution in [0, 0.1) is 6.92 Å². The van der Waals surface area contributed by atoms with Crippen LogP contribution in [-0.4, -0.2) is 49.5 Å². The van der Waals surface area contributed by atoms with Gasteiger partial charge in [-0.2, -0.15) is 0 Å². The van der Waals surface area contributed by atoms with E-state index in [1.54, 1.807) is 7.11 Å². The molecule has 1 saturated heterocycles. The largest absolute Gasteiger partial charge is 0.497 e. The molecule has 3 rings (SSSR count). The summed E-state index contributed by atoms with van der Waals surface area (Å²) in [6.07, 6.45) is 0. The van der Waals surface area contributed by atoms with Crippen molar-refractivity contribution >= 4 is 5.91 Å². The molecule has 0 spiro atoms. The van der Waals surface area contributed by atoms with E-state index in [1.807, 2.05) is 48.2 Å². The number of amides is 1. The first-order chi connectivity index (χ1) is 11.6. The quantitative estimate of drug-likeness (QED) is 0.869. The summed E-state index contributed by atoms with van der Waals surface area (Å²) in [5.41, 5.74) is 3.10. The van der Waals surface area contributed by atoms with Gasteiger partial charge in [0.25, 0.3) is 5.91 Å². The van der Waals surface area contributed by atoms with Crippen LogP contribution in [0.3, 0.4) is 0 Å². The van der Waals surface area contributed by atoms with Gasteiger partial charge in [-0.05, 0) is 43.8 Å². The number of aryl methyl sites for hydroxylation is 1. The van der Waals surface area contributed by atoms with Gasteiger partial charge in [-0.3, -0.25) is 9.69 Å². The second-order valence-corrected chi connectivity index (χ2v) is 6.39. The zero-order valence-electron chi connectivity index (χ0n) is 14.5. The molecule has 1 aliphatic rings. The van der Waals surface area contributed by atoms with Gasteiger partial charge in [0.2, 0.25) is 0 Å². The fourth-order valence-electron chi connectivity index (χ4n) is 3.15. The molecule has 2 aromatic rings. The highest BCUT2D eigenvalue weighted by molar-refractivity contribution is 5.94. The molecule has 0 N–H and O–H groups in total. The molecule has 1 heterocycles. The van der Waals surface area contributed by atoms with Crippen LogP contribution in [-0.2, 0) is 0 Å². The van der Waals surface area contributed by atoms with Gasteiger partial charge in [0.15, 0.2) is 0 Å². The maximum Gasteiger partial charge on any atom is 0.253 e. The van der Waals surface area contributed by atoms with Gasteiger partial charge >= 0.3 is 0 Å². The Kier molecular flexibility index (Phi) is 4.86. The minimum absolute atomic E-state index is 0.107. The first kappa shape index (κ1) is 16.5. The molecule has 0 aliphatic carbocycles. The number of hydrogen-bond acceptors (Lipinski definition) is 3. The summed E-state index contributed by atoms with van der Waals surface area (Å²) in [4.78, 5) is 17.1. The minimum atomic E-state index is 0.107. The number of methoxy groups -OCH3 is 1. The molecule has 1 amide bonds. The van der Waals surface area contributed by atoms with E-state index in [1.165, 1.54) is 11.1 Å². The second-order valence-electron chi connectivity index (χ2n) is 6.39. The van der Waals surface area contributed by atoms with E-state index in [4.69, 9.17) is 4.74 Å². The van der Waals surface area contributed by atoms with Gasteiger partial charge < -0.3 is 9.64 Å². The maximum atomic E-state index is 12.8. The van der Waals surface area contributed by atoms with Crippen LogP contribution in [0.2, 0.25) is 0 Å². The molecule has 24 heavy (non-hydrogen) atoms. The smallest absolute Gasteiger partial charge is 0.253 e. The van der Waals surface area contributed by atoms with Crippen LogP contribution in [0.1, 0.15) is 27.5 Å². The van der Waals surface area contributed by atoms with Crippen LogP contribution in [0.25, 0.3) is 0 Å². The normalized spacial score (nSPS) is 18.5. The van der Waals surface area contributed by atoms with Gasteiger partial charge in [-0.1, -0.05) is 29.8 Å². The summed E-state index contributed by atoms with van der Waals surface area (Å²) in [5.74, 6) is 0.957. The number of carbonyl (C=O) groups is 1. The molecule has 1 aliphatic heterocycles. The van der Waals surface area contributed by atoms with Gasteiger partial charge in [0.1, 0.15) is 5.75 Å². The Balaban J connectivity index is 1.79. The molecule has 0 saturated carbocycles. The van der Waals surface area contributed by atoms with Crippen molar-refractivity contribution < 1.29 is 9.53 Å². The lowest BCUT2D eigenvalue weighted by atomic mass is 10.0. The number of ether oxygens (including phenoxy) is 1. The highest BCUT2D eigenvalue weighted by atomic mass is 16.5. The van der Waals surface area contributed by atoms with E-state index in [2.05, 4.69) is 24.1 Å². The van der Waals surface area contributed by atoms with Gasteiger partial charge in [0.05, 0.1) is 13.2 Å². The van der Waals surface area contributed by atoms with Crippen LogP contribution < -0.4 is 4.74 Å². The molecule has 4 nitrogen and oxygen atoms in total. The fourth-order valence-corrected chi connectivity index (χ4v) is 3.15. The number of hydrogen-bond donors (Lipinski definition) is 0. The number of rotatable bonds is 3. The third-order valence-corrected chi connectivity index (χ3v) is 4.71. The molecule has 0 bridgehead atoms. The Hall–Kier alpha value is -2.33. The Morgan fingerprint density at radius 1 is 1.12 bits per heavy atom. The second kappa shape index (κ2) is 7.05. The minimum Gasteiger partial charge on any atom is -0.497 e. The van der Waals surface area contributed by atoms with Crippen molar-refractivity contribution in [1.82, 2.24) is 9.80 Å². The van der Waals surface area contributed by atoms with Crippen molar-refractivity contribution in [2.24, 2.45) is 0 Å². The maximum absolute atomic E-state index is 12.8. The van der Waals surface area contributed by atoms with Gasteiger partial charge in [-0.15, -0.1) is 0 Å². The van der Waals surface area contributed by atoms with Crippen molar-refractivity contribution in [1.29, 1.82) is 0 Å². The van der Waals surface area contributed by atoms with E-state index in [-0.39, 0.29) is 11.9 Å². The van der Waals surface area contributed by atoms with E-state index in [0.29, 0.717) is 6.54 Å². The first-order valence-corrected chi connectivity index (χ1v) is 8.28. The number of benzene rings is 2. The fraction of sp³-hybridized carbons (Fsp3) is 0.350. The topological polar surface area (TPSA) is 32.8 Å². The Morgan fingerprint density at radius 3 is 2.58 bits per heavy atom. The summed E-state index contributed by atoms with van der Waals surface area (Å²) in [7, 11) is 3.79. The predicted molar refractivity (Wildman–Crippen MR) is 95.4 cm³/mol. The zero-order chi connectivity index (χ0) is 17.1. The van der Waals surface area contributed by atoms with E-state index in [9.17, 15) is 4.79 Å². The van der Waals surface area contributed by atoms with Crippen LogP contribution in [0.4, 0.5) is 0 Å². The molecule has 4 heteroatoms. The molecule has 2 aromatic carbocycles. The molecular weight excluding hydrogens is 300 g/mol. The summed E-state index contributed by atoms with van der Waals surface area (Å²) in [6.45, 7) is 4.34. The average molecular weight is 324 g/mol. The Morgan fingerprint density at radius 2 is 1.88 bits per heavy atom. The lowest BCUT2D eigenvalue weighted by Crippen LogP contribution is -2.49. The third-order valence-electron chi connectivity index (χ3n) is 4.71. The van der Waals surface area contributed by atoms with E-state index in [0.717, 1.165) is 24.4 Å². The molecule has 0 aromatic heterocycles. The number of piperazine rings is 1. The summed E-state index contributed by atoms with van der Waals surface area (Å²) in [5, 5.41) is 0. The number of carbonyl (C=O) groups excluding carboxylic acids is 1. The Labute approximate surface area is 143 Å². The summed E-state index contributed by atoms with van der Waals surface area (Å²) < 4.78 is 5.34. The molecular formula is C20H24N2O2. The highest BCUT2D eigenvalue weighted by Gasteiger charge is 2.29. The molecule has 126 valence electrons. The van der Waals surface area contributed by atoms with Crippen LogP contribution in [0.15, 0.2) is 48.5 Å². The average Bonchev–Trinajstić information content (AvgIpc) is 2.62. The SMILES string of the molecule is COc1cccc(C2CN(C(=O)c3ccc(C)cc3)CCN2C)c1. The first-order valence-electron chi connectivity index (χ1n) is 8.28. The molecule has 1 atom stereocenters. The van der Waals surface area contributed by atoms with E-state index >= 15 is 0 Å². The van der Waals surface area contributed by atoms with E-state index < -0.39 is 0 Å². The van der Waals surface area contributed by atoms with Gasteiger partial charge in [-0.25, -0.2) is 0 Å².